The molecule has 28 heavy (non-hydrogen) atoms. The minimum absolute atomic E-state index is 0.466. The van der Waals surface area contributed by atoms with E-state index in [0.29, 0.717) is 12.0 Å². The maximum absolute atomic E-state index is 3.87. The summed E-state index contributed by atoms with van der Waals surface area (Å²) in [6.07, 6.45) is 23.2. The van der Waals surface area contributed by atoms with Gasteiger partial charge in [0, 0.05) is 25.7 Å². The van der Waals surface area contributed by atoms with Gasteiger partial charge in [0.1, 0.15) is 0 Å². The molecule has 1 aliphatic rings. The van der Waals surface area contributed by atoms with Crippen molar-refractivity contribution >= 4 is 0 Å². The highest BCUT2D eigenvalue weighted by molar-refractivity contribution is 5.16. The number of likely N-dealkylation sites (N-methyl/N-ethyl adjacent to an activating group) is 2. The van der Waals surface area contributed by atoms with Gasteiger partial charge < -0.3 is 15.1 Å². The molecule has 0 bridgehead atoms. The molecule has 0 aromatic rings. The highest BCUT2D eigenvalue weighted by Gasteiger charge is 2.18. The first-order valence-corrected chi connectivity index (χ1v) is 11.0. The van der Waals surface area contributed by atoms with Gasteiger partial charge in [-0.15, -0.1) is 0 Å². The van der Waals surface area contributed by atoms with Gasteiger partial charge in [0.25, 0.3) is 0 Å². The van der Waals surface area contributed by atoms with E-state index in [1.165, 1.54) is 0 Å². The van der Waals surface area contributed by atoms with Crippen molar-refractivity contribution in [1.82, 2.24) is 15.1 Å². The molecule has 0 amide bonds. The lowest BCUT2D eigenvalue weighted by Crippen LogP contribution is -2.46. The van der Waals surface area contributed by atoms with Crippen molar-refractivity contribution in [1.29, 1.82) is 0 Å². The van der Waals surface area contributed by atoms with E-state index in [2.05, 4.69) is 105 Å². The van der Waals surface area contributed by atoms with E-state index in [4.69, 9.17) is 0 Å². The summed E-state index contributed by atoms with van der Waals surface area (Å²) in [4.78, 5) is 4.84. The van der Waals surface area contributed by atoms with E-state index in [9.17, 15) is 0 Å². The molecule has 0 spiro atoms. The van der Waals surface area contributed by atoms with Gasteiger partial charge in [-0.2, -0.15) is 0 Å². The van der Waals surface area contributed by atoms with Crippen LogP contribution in [0.15, 0.2) is 60.3 Å². The van der Waals surface area contributed by atoms with Crippen LogP contribution in [-0.4, -0.2) is 62.7 Å². The van der Waals surface area contributed by atoms with E-state index < -0.39 is 0 Å². The molecule has 3 heteroatoms. The highest BCUT2D eigenvalue weighted by atomic mass is 15.2. The number of hydrogen-bond donors (Lipinski definition) is 1. The van der Waals surface area contributed by atoms with Gasteiger partial charge in [-0.05, 0) is 59.3 Å². The molecule has 0 fully saturated rings. The summed E-state index contributed by atoms with van der Waals surface area (Å²) in [5, 5.41) is 3.87. The van der Waals surface area contributed by atoms with Crippen LogP contribution < -0.4 is 5.32 Å². The Morgan fingerprint density at radius 2 is 1.93 bits per heavy atom. The van der Waals surface area contributed by atoms with E-state index in [1.54, 1.807) is 5.57 Å². The Morgan fingerprint density at radius 3 is 2.64 bits per heavy atom. The van der Waals surface area contributed by atoms with Gasteiger partial charge in [-0.3, -0.25) is 0 Å². The van der Waals surface area contributed by atoms with Crippen molar-refractivity contribution in [2.24, 2.45) is 5.92 Å². The molecule has 2 atom stereocenters. The van der Waals surface area contributed by atoms with Gasteiger partial charge in [-0.25, -0.2) is 0 Å². The summed E-state index contributed by atoms with van der Waals surface area (Å²) in [6.45, 7) is 12.1. The molecular weight excluding hydrogens is 342 g/mol. The Labute approximate surface area is 174 Å². The predicted octanol–water partition coefficient (Wildman–Crippen LogP) is 4.82. The lowest BCUT2D eigenvalue weighted by molar-refractivity contribution is 0.213. The first-order valence-electron chi connectivity index (χ1n) is 11.0. The fourth-order valence-electron chi connectivity index (χ4n) is 3.29. The average molecular weight is 386 g/mol. The summed E-state index contributed by atoms with van der Waals surface area (Å²) >= 11 is 0. The topological polar surface area (TPSA) is 18.5 Å². The molecule has 0 aliphatic heterocycles. The van der Waals surface area contributed by atoms with Crippen LogP contribution in [0.1, 0.15) is 40.0 Å². The Balaban J connectivity index is 2.65. The minimum Gasteiger partial charge on any atom is -0.312 e. The van der Waals surface area contributed by atoms with Crippen molar-refractivity contribution in [3.05, 3.63) is 60.3 Å². The summed E-state index contributed by atoms with van der Waals surface area (Å²) in [6, 6.07) is 0.466. The van der Waals surface area contributed by atoms with Crippen LogP contribution in [0.3, 0.4) is 0 Å². The fraction of sp³-hybridized carbons (Fsp3) is 0.600. The van der Waals surface area contributed by atoms with Crippen molar-refractivity contribution in [2.75, 3.05) is 46.8 Å². The van der Waals surface area contributed by atoms with Crippen molar-refractivity contribution in [3.63, 3.8) is 0 Å². The van der Waals surface area contributed by atoms with Crippen LogP contribution >= 0.6 is 0 Å². The number of nitrogens with one attached hydrogen (secondary N) is 1. The van der Waals surface area contributed by atoms with Crippen molar-refractivity contribution < 1.29 is 0 Å². The second-order valence-corrected chi connectivity index (χ2v) is 7.94. The van der Waals surface area contributed by atoms with Crippen LogP contribution in [0.5, 0.6) is 0 Å². The Morgan fingerprint density at radius 1 is 1.14 bits per heavy atom. The van der Waals surface area contributed by atoms with Crippen molar-refractivity contribution in [3.8, 4) is 0 Å². The van der Waals surface area contributed by atoms with E-state index in [-0.39, 0.29) is 0 Å². The molecular formula is C25H43N3. The normalized spacial score (nSPS) is 20.5. The third kappa shape index (κ3) is 11.4. The van der Waals surface area contributed by atoms with E-state index in [0.717, 1.165) is 52.0 Å². The number of nitrogens with zero attached hydrogens (tertiary/aromatic N) is 2. The second-order valence-electron chi connectivity index (χ2n) is 7.94. The number of rotatable bonds is 13. The minimum atomic E-state index is 0.466. The SMILES string of the molecule is C/C=C\C=C/C(C)C(CN(CC)CCN(C)C)NCC/C1=C/C/C=C\C=CC1. The summed E-state index contributed by atoms with van der Waals surface area (Å²) < 4.78 is 0. The second kappa shape index (κ2) is 15.5. The molecule has 1 rings (SSSR count). The molecule has 0 saturated heterocycles. The van der Waals surface area contributed by atoms with Gasteiger partial charge in [-0.1, -0.05) is 74.1 Å². The maximum atomic E-state index is 3.87. The van der Waals surface area contributed by atoms with Gasteiger partial charge in [0.2, 0.25) is 0 Å². The number of hydrogen-bond acceptors (Lipinski definition) is 3. The molecule has 0 aromatic carbocycles. The lowest BCUT2D eigenvalue weighted by Gasteiger charge is -2.31. The third-order valence-electron chi connectivity index (χ3n) is 5.28. The molecule has 1 N–H and O–H groups in total. The molecule has 2 unspecified atom stereocenters. The average Bonchev–Trinajstić information content (AvgIpc) is 2.65. The maximum Gasteiger partial charge on any atom is 0.0255 e. The summed E-state index contributed by atoms with van der Waals surface area (Å²) in [7, 11) is 4.30. The van der Waals surface area contributed by atoms with Crippen LogP contribution in [0.25, 0.3) is 0 Å². The molecule has 0 saturated carbocycles. The van der Waals surface area contributed by atoms with Crippen LogP contribution in [0.4, 0.5) is 0 Å². The van der Waals surface area contributed by atoms with Gasteiger partial charge in [0.15, 0.2) is 0 Å². The van der Waals surface area contributed by atoms with Crippen molar-refractivity contribution in [2.45, 2.75) is 46.1 Å². The first-order chi connectivity index (χ1) is 13.6. The van der Waals surface area contributed by atoms with Gasteiger partial charge in [0.05, 0.1) is 0 Å². The lowest BCUT2D eigenvalue weighted by atomic mass is 9.99. The fourth-order valence-corrected chi connectivity index (χ4v) is 3.29. The largest absolute Gasteiger partial charge is 0.312 e. The Bertz CT molecular complexity index is 540. The standard InChI is InChI=1S/C25H43N3/c1-6-8-12-15-23(3)25(22-28(7-2)21-20-27(4)5)26-19-18-24-16-13-10-9-11-14-17-24/h6,8-13,15,17,23,25-26H,7,14,16,18-22H2,1-5H3/b8-6-,11-9-,13-10?,15-12-,24-17+. The zero-order chi connectivity index (χ0) is 20.6. The zero-order valence-corrected chi connectivity index (χ0v) is 18.9. The molecule has 3 nitrogen and oxygen atoms in total. The smallest absolute Gasteiger partial charge is 0.0255 e. The molecule has 0 heterocycles. The quantitative estimate of drug-likeness (QED) is 0.362. The highest BCUT2D eigenvalue weighted by Crippen LogP contribution is 2.13. The van der Waals surface area contributed by atoms with Gasteiger partial charge >= 0.3 is 0 Å². The molecule has 1 aliphatic carbocycles. The van der Waals surface area contributed by atoms with Crippen LogP contribution in [0, 0.1) is 5.92 Å². The predicted molar refractivity (Wildman–Crippen MR) is 126 cm³/mol. The number of allylic oxidation sites excluding steroid dienone is 8. The van der Waals surface area contributed by atoms with E-state index >= 15 is 0 Å². The zero-order valence-electron chi connectivity index (χ0n) is 18.9. The Kier molecular flexibility index (Phi) is 13.6. The first kappa shape index (κ1) is 24.6. The molecule has 0 radical (unpaired) electrons. The Hall–Kier alpha value is -1.42. The molecule has 0 aromatic heterocycles. The summed E-state index contributed by atoms with van der Waals surface area (Å²) in [5.74, 6) is 0.499. The van der Waals surface area contributed by atoms with Crippen LogP contribution in [-0.2, 0) is 0 Å². The van der Waals surface area contributed by atoms with Crippen LogP contribution in [0.2, 0.25) is 0 Å². The monoisotopic (exact) mass is 385 g/mol. The molecule has 158 valence electrons. The summed E-state index contributed by atoms with van der Waals surface area (Å²) in [5.41, 5.74) is 1.55. The third-order valence-corrected chi connectivity index (χ3v) is 5.28. The van der Waals surface area contributed by atoms with E-state index in [1.807, 2.05) is 0 Å².